The van der Waals surface area contributed by atoms with E-state index in [2.05, 4.69) is 35.4 Å². The molecular formula is C22H25F3N8O3. The lowest BCUT2D eigenvalue weighted by Crippen LogP contribution is -2.53. The van der Waals surface area contributed by atoms with E-state index in [4.69, 9.17) is 4.74 Å². The van der Waals surface area contributed by atoms with Gasteiger partial charge in [-0.15, -0.1) is 13.2 Å². The Bertz CT molecular complexity index is 1230. The van der Waals surface area contributed by atoms with Crippen molar-refractivity contribution < 1.29 is 27.4 Å². The second-order valence-electron chi connectivity index (χ2n) is 8.27. The van der Waals surface area contributed by atoms with Gasteiger partial charge in [-0.2, -0.15) is 10.1 Å². The van der Waals surface area contributed by atoms with Gasteiger partial charge in [0.15, 0.2) is 5.82 Å². The van der Waals surface area contributed by atoms with Crippen molar-refractivity contribution in [3.8, 4) is 5.88 Å². The van der Waals surface area contributed by atoms with E-state index in [1.54, 1.807) is 43.1 Å². The molecule has 1 amide bonds. The molecule has 36 heavy (non-hydrogen) atoms. The number of alkyl halides is 3. The summed E-state index contributed by atoms with van der Waals surface area (Å²) in [4.78, 5) is 27.0. The number of aryl methyl sites for hydroxylation is 1. The van der Waals surface area contributed by atoms with Gasteiger partial charge in [0.05, 0.1) is 24.5 Å². The molecule has 192 valence electrons. The third-order valence-electron chi connectivity index (χ3n) is 5.66. The zero-order valence-electron chi connectivity index (χ0n) is 20.0. The Balaban J connectivity index is 1.41. The van der Waals surface area contributed by atoms with Gasteiger partial charge in [-0.25, -0.2) is 9.97 Å². The van der Waals surface area contributed by atoms with E-state index in [9.17, 15) is 18.0 Å². The summed E-state index contributed by atoms with van der Waals surface area (Å²) in [6.45, 7) is 4.30. The Morgan fingerprint density at radius 2 is 2.00 bits per heavy atom. The minimum absolute atomic E-state index is 0.183. The lowest BCUT2D eigenvalue weighted by molar-refractivity contribution is -0.276. The zero-order valence-corrected chi connectivity index (χ0v) is 20.0. The van der Waals surface area contributed by atoms with E-state index in [1.807, 2.05) is 6.92 Å². The van der Waals surface area contributed by atoms with E-state index in [0.717, 1.165) is 11.6 Å². The van der Waals surface area contributed by atoms with Crippen molar-refractivity contribution >= 4 is 23.4 Å². The van der Waals surface area contributed by atoms with Crippen LogP contribution >= 0.6 is 0 Å². The Morgan fingerprint density at radius 3 is 2.67 bits per heavy atom. The third kappa shape index (κ3) is 5.64. The number of rotatable bonds is 8. The first kappa shape index (κ1) is 25.2. The van der Waals surface area contributed by atoms with Crippen LogP contribution in [0.15, 0.2) is 30.7 Å². The Labute approximate surface area is 204 Å². The number of halogens is 3. The van der Waals surface area contributed by atoms with Crippen molar-refractivity contribution in [2.45, 2.75) is 45.4 Å². The number of ether oxygens (including phenoxy) is 2. The van der Waals surface area contributed by atoms with Crippen molar-refractivity contribution in [1.29, 1.82) is 0 Å². The normalized spacial score (nSPS) is 16.4. The summed E-state index contributed by atoms with van der Waals surface area (Å²) in [6, 6.07) is 2.11. The average Bonchev–Trinajstić information content (AvgIpc) is 3.26. The molecule has 0 fully saturated rings. The lowest BCUT2D eigenvalue weighted by atomic mass is 10.1. The van der Waals surface area contributed by atoms with Crippen molar-refractivity contribution in [1.82, 2.24) is 24.7 Å². The molecule has 1 aliphatic rings. The Morgan fingerprint density at radius 1 is 1.22 bits per heavy atom. The summed E-state index contributed by atoms with van der Waals surface area (Å²) in [5.41, 5.74) is 2.67. The average molecular weight is 506 g/mol. The van der Waals surface area contributed by atoms with Gasteiger partial charge in [0.25, 0.3) is 0 Å². The van der Waals surface area contributed by atoms with E-state index in [-0.39, 0.29) is 12.0 Å². The molecule has 3 aromatic rings. The number of pyridine rings is 1. The van der Waals surface area contributed by atoms with Gasteiger partial charge >= 0.3 is 6.36 Å². The minimum Gasteiger partial charge on any atom is -0.388 e. The van der Waals surface area contributed by atoms with Crippen molar-refractivity contribution in [3.63, 3.8) is 0 Å². The fourth-order valence-electron chi connectivity index (χ4n) is 3.84. The molecule has 0 aliphatic carbocycles. The molecule has 3 aromatic heterocycles. The van der Waals surface area contributed by atoms with Crippen LogP contribution in [0.25, 0.3) is 0 Å². The molecule has 1 aliphatic heterocycles. The fourth-order valence-corrected chi connectivity index (χ4v) is 3.84. The smallest absolute Gasteiger partial charge is 0.388 e. The largest absolute Gasteiger partial charge is 0.574 e. The van der Waals surface area contributed by atoms with E-state index in [1.165, 1.54) is 12.3 Å². The second-order valence-corrected chi connectivity index (χ2v) is 8.27. The summed E-state index contributed by atoms with van der Waals surface area (Å²) in [6.07, 6.45) is -0.371. The molecule has 0 bridgehead atoms. The highest BCUT2D eigenvalue weighted by atomic mass is 19.4. The van der Waals surface area contributed by atoms with E-state index < -0.39 is 18.3 Å². The first-order valence-corrected chi connectivity index (χ1v) is 10.9. The van der Waals surface area contributed by atoms with Crippen LogP contribution in [0, 0.1) is 6.92 Å². The predicted molar refractivity (Wildman–Crippen MR) is 124 cm³/mol. The van der Waals surface area contributed by atoms with Crippen LogP contribution in [-0.2, 0) is 22.6 Å². The molecule has 0 saturated heterocycles. The molecule has 11 nitrogen and oxygen atoms in total. The first-order valence-electron chi connectivity index (χ1n) is 10.9. The van der Waals surface area contributed by atoms with Crippen LogP contribution in [0.4, 0.5) is 30.6 Å². The third-order valence-corrected chi connectivity index (χ3v) is 5.66. The fraction of sp³-hybridized carbons (Fsp3) is 0.409. The van der Waals surface area contributed by atoms with Gasteiger partial charge in [-0.05, 0) is 19.4 Å². The molecule has 2 atom stereocenters. The number of amides is 1. The number of fused-ring (bicyclic) bond motifs is 1. The monoisotopic (exact) mass is 506 g/mol. The van der Waals surface area contributed by atoms with Crippen LogP contribution in [0.2, 0.25) is 0 Å². The van der Waals surface area contributed by atoms with Crippen LogP contribution < -0.4 is 20.3 Å². The van der Waals surface area contributed by atoms with E-state index >= 15 is 0 Å². The van der Waals surface area contributed by atoms with Gasteiger partial charge in [0.1, 0.15) is 11.7 Å². The predicted octanol–water partition coefficient (Wildman–Crippen LogP) is 2.73. The number of methoxy groups -OCH3 is 1. The van der Waals surface area contributed by atoms with Crippen LogP contribution in [-0.4, -0.2) is 63.3 Å². The molecule has 0 spiro atoms. The van der Waals surface area contributed by atoms with Crippen molar-refractivity contribution in [3.05, 3.63) is 47.5 Å². The van der Waals surface area contributed by atoms with Gasteiger partial charge in [-0.1, -0.05) is 6.07 Å². The molecule has 0 saturated carbocycles. The molecule has 0 aromatic carbocycles. The molecule has 0 unspecified atom stereocenters. The number of aromatic nitrogens is 5. The highest BCUT2D eigenvalue weighted by Crippen LogP contribution is 2.33. The number of carbonyl (C=O) groups is 1. The first-order chi connectivity index (χ1) is 17.0. The maximum absolute atomic E-state index is 12.6. The zero-order chi connectivity index (χ0) is 26.0. The van der Waals surface area contributed by atoms with Crippen molar-refractivity contribution in [2.75, 3.05) is 29.7 Å². The highest BCUT2D eigenvalue weighted by Gasteiger charge is 2.37. The Hall–Kier alpha value is -3.94. The number of likely N-dealkylation sites (N-methyl/N-ethyl adjacent to an activating group) is 1. The number of carbonyl (C=O) groups excluding carboxylic acids is 1. The Kier molecular flexibility index (Phi) is 6.97. The van der Waals surface area contributed by atoms with Crippen molar-refractivity contribution in [2.24, 2.45) is 0 Å². The summed E-state index contributed by atoms with van der Waals surface area (Å²) < 4.78 is 47.6. The number of nitrogens with zero attached hydrogens (tertiary/aromatic N) is 6. The van der Waals surface area contributed by atoms with Crippen LogP contribution in [0.5, 0.6) is 5.88 Å². The summed E-state index contributed by atoms with van der Waals surface area (Å²) in [5.74, 6) is 0.261. The summed E-state index contributed by atoms with van der Waals surface area (Å²) >= 11 is 0. The van der Waals surface area contributed by atoms with E-state index in [0.29, 0.717) is 41.8 Å². The number of hydrogen-bond donors (Lipinski definition) is 2. The van der Waals surface area contributed by atoms with Gasteiger partial charge in [0.2, 0.25) is 17.7 Å². The van der Waals surface area contributed by atoms with Gasteiger partial charge in [0, 0.05) is 44.7 Å². The maximum Gasteiger partial charge on any atom is 0.574 e. The number of hydrogen-bond acceptors (Lipinski definition) is 9. The second kappa shape index (κ2) is 9.97. The molecular weight excluding hydrogens is 481 g/mol. The minimum atomic E-state index is -4.79. The number of nitrogens with one attached hydrogen (secondary N) is 2. The molecule has 4 heterocycles. The summed E-state index contributed by atoms with van der Waals surface area (Å²) in [7, 11) is 3.34. The lowest BCUT2D eigenvalue weighted by Gasteiger charge is -2.37. The standard InChI is InChI=1S/C22H25F3N8O3/c1-12-17-19(32(3)18(13(2)35-4)20(34)30-17)31-21(29-12)27-8-15-9-28-33(11-15)10-14-5-6-16(26-7-14)36-22(23,24)25/h5-7,9,11,13,18H,8,10H2,1-4H3,(H,30,34)(H,27,29,31)/t13-,18+/m1/s1. The topological polar surface area (TPSA) is 119 Å². The van der Waals surface area contributed by atoms with Crippen LogP contribution in [0.3, 0.4) is 0 Å². The number of anilines is 3. The van der Waals surface area contributed by atoms with Gasteiger partial charge in [-0.3, -0.25) is 9.48 Å². The quantitative estimate of drug-likeness (QED) is 0.475. The van der Waals surface area contributed by atoms with Crippen LogP contribution in [0.1, 0.15) is 23.7 Å². The molecule has 14 heteroatoms. The van der Waals surface area contributed by atoms with Gasteiger partial charge < -0.3 is 25.0 Å². The molecule has 0 radical (unpaired) electrons. The SMILES string of the molecule is CO[C@H](C)[C@H]1C(=O)Nc2c(C)nc(NCc3cnn(Cc4ccc(OC(F)(F)F)nc4)c3)nc2N1C. The molecule has 2 N–H and O–H groups in total. The summed E-state index contributed by atoms with van der Waals surface area (Å²) in [5, 5.41) is 10.3. The highest BCUT2D eigenvalue weighted by molar-refractivity contribution is 6.03. The maximum atomic E-state index is 12.6. The molecule has 4 rings (SSSR count).